The van der Waals surface area contributed by atoms with E-state index in [0.717, 1.165) is 6.54 Å². The van der Waals surface area contributed by atoms with Crippen LogP contribution in [0.5, 0.6) is 0 Å². The molecule has 0 radical (unpaired) electrons. The number of hydrogen-bond donors (Lipinski definition) is 1. The molecule has 3 heteroatoms. The molecule has 0 aromatic rings. The van der Waals surface area contributed by atoms with Crippen molar-refractivity contribution in [1.29, 1.82) is 0 Å². The van der Waals surface area contributed by atoms with Gasteiger partial charge in [0.25, 0.3) is 0 Å². The Morgan fingerprint density at radius 2 is 1.75 bits per heavy atom. The van der Waals surface area contributed by atoms with Crippen molar-refractivity contribution >= 4 is 11.8 Å². The van der Waals surface area contributed by atoms with Gasteiger partial charge in [-0.2, -0.15) is 11.8 Å². The molecule has 0 atom stereocenters. The average Bonchev–Trinajstić information content (AvgIpc) is 2.48. The van der Waals surface area contributed by atoms with Crippen LogP contribution in [0.1, 0.15) is 66.7 Å². The zero-order valence-electron chi connectivity index (χ0n) is 14.4. The first-order chi connectivity index (χ1) is 9.29. The van der Waals surface area contributed by atoms with E-state index in [1.165, 1.54) is 57.5 Å². The maximum absolute atomic E-state index is 3.57. The first kappa shape index (κ1) is 18.3. The van der Waals surface area contributed by atoms with Crippen LogP contribution in [0, 0.1) is 0 Å². The zero-order valence-corrected chi connectivity index (χ0v) is 15.2. The molecule has 20 heavy (non-hydrogen) atoms. The quantitative estimate of drug-likeness (QED) is 0.711. The summed E-state index contributed by atoms with van der Waals surface area (Å²) in [7, 11) is 0. The lowest BCUT2D eigenvalue weighted by molar-refractivity contribution is 0.277. The number of unbranched alkanes of at least 4 members (excludes halogenated alkanes) is 3. The Morgan fingerprint density at radius 3 is 2.45 bits per heavy atom. The van der Waals surface area contributed by atoms with Crippen molar-refractivity contribution in [3.63, 3.8) is 0 Å². The molecule has 1 N–H and O–H groups in total. The molecular weight excluding hydrogens is 264 g/mol. The minimum atomic E-state index is 0.274. The van der Waals surface area contributed by atoms with Crippen LogP contribution >= 0.6 is 11.8 Å². The van der Waals surface area contributed by atoms with Gasteiger partial charge in [0.05, 0.1) is 0 Å². The Kier molecular flexibility index (Phi) is 7.92. The maximum Gasteiger partial charge on any atom is 0.0116 e. The summed E-state index contributed by atoms with van der Waals surface area (Å²) in [5.41, 5.74) is 0.274. The molecule has 1 heterocycles. The van der Waals surface area contributed by atoms with E-state index >= 15 is 0 Å². The molecule has 0 aromatic carbocycles. The van der Waals surface area contributed by atoms with Gasteiger partial charge in [-0.05, 0) is 59.7 Å². The molecule has 1 fully saturated rings. The fourth-order valence-corrected chi connectivity index (χ4v) is 3.70. The molecule has 1 aliphatic heterocycles. The molecule has 1 aliphatic rings. The second-order valence-electron chi connectivity index (χ2n) is 7.79. The van der Waals surface area contributed by atoms with E-state index in [1.807, 2.05) is 0 Å². The summed E-state index contributed by atoms with van der Waals surface area (Å²) >= 11 is 2.15. The third-order valence-electron chi connectivity index (χ3n) is 3.99. The van der Waals surface area contributed by atoms with Gasteiger partial charge in [0.1, 0.15) is 0 Å². The third-order valence-corrected chi connectivity index (χ3v) is 5.36. The summed E-state index contributed by atoms with van der Waals surface area (Å²) in [6.07, 6.45) is 6.80. The molecule has 0 amide bonds. The normalized spacial score (nSPS) is 20.9. The zero-order chi connectivity index (χ0) is 15.1. The van der Waals surface area contributed by atoms with Gasteiger partial charge in [0.15, 0.2) is 0 Å². The van der Waals surface area contributed by atoms with E-state index in [1.54, 1.807) is 0 Å². The van der Waals surface area contributed by atoms with Gasteiger partial charge >= 0.3 is 0 Å². The van der Waals surface area contributed by atoms with E-state index in [9.17, 15) is 0 Å². The molecule has 0 bridgehead atoms. The van der Waals surface area contributed by atoms with Gasteiger partial charge in [0.2, 0.25) is 0 Å². The van der Waals surface area contributed by atoms with Crippen molar-refractivity contribution in [2.24, 2.45) is 0 Å². The predicted molar refractivity (Wildman–Crippen MR) is 93.8 cm³/mol. The van der Waals surface area contributed by atoms with Gasteiger partial charge in [-0.15, -0.1) is 0 Å². The number of nitrogens with one attached hydrogen (secondary N) is 1. The Hall–Kier alpha value is 0.270. The Morgan fingerprint density at radius 1 is 1.05 bits per heavy atom. The molecule has 0 saturated carbocycles. The van der Waals surface area contributed by atoms with E-state index in [2.05, 4.69) is 56.6 Å². The molecular formula is C17H36N2S. The summed E-state index contributed by atoms with van der Waals surface area (Å²) in [5, 5.41) is 3.57. The Labute approximate surface area is 131 Å². The second-order valence-corrected chi connectivity index (χ2v) is 9.59. The SMILES string of the molecule is CC(C)(C)NCCCCCCN1CCSC(C)(C)CC1. The topological polar surface area (TPSA) is 15.3 Å². The Balaban J connectivity index is 1.99. The smallest absolute Gasteiger partial charge is 0.0116 e. The number of hydrogen-bond acceptors (Lipinski definition) is 3. The first-order valence-electron chi connectivity index (χ1n) is 8.40. The van der Waals surface area contributed by atoms with Crippen LogP contribution in [-0.4, -0.2) is 47.1 Å². The lowest BCUT2D eigenvalue weighted by atomic mass is 10.1. The lowest BCUT2D eigenvalue weighted by Crippen LogP contribution is -2.36. The summed E-state index contributed by atoms with van der Waals surface area (Å²) in [6, 6.07) is 0. The average molecular weight is 301 g/mol. The summed E-state index contributed by atoms with van der Waals surface area (Å²) in [6.45, 7) is 16.6. The second kappa shape index (κ2) is 8.65. The minimum Gasteiger partial charge on any atom is -0.312 e. The van der Waals surface area contributed by atoms with Crippen molar-refractivity contribution in [2.75, 3.05) is 31.9 Å². The van der Waals surface area contributed by atoms with Crippen molar-refractivity contribution in [3.8, 4) is 0 Å². The van der Waals surface area contributed by atoms with Crippen LogP contribution in [0.3, 0.4) is 0 Å². The van der Waals surface area contributed by atoms with E-state index in [-0.39, 0.29) is 5.54 Å². The highest BCUT2D eigenvalue weighted by Crippen LogP contribution is 2.30. The van der Waals surface area contributed by atoms with Gasteiger partial charge in [-0.3, -0.25) is 0 Å². The van der Waals surface area contributed by atoms with E-state index < -0.39 is 0 Å². The molecule has 0 aromatic heterocycles. The van der Waals surface area contributed by atoms with Gasteiger partial charge in [0, 0.05) is 22.6 Å². The highest BCUT2D eigenvalue weighted by Gasteiger charge is 2.23. The molecule has 0 unspecified atom stereocenters. The largest absolute Gasteiger partial charge is 0.312 e. The van der Waals surface area contributed by atoms with Crippen LogP contribution in [0.2, 0.25) is 0 Å². The van der Waals surface area contributed by atoms with Crippen molar-refractivity contribution in [2.45, 2.75) is 77.0 Å². The van der Waals surface area contributed by atoms with Crippen LogP contribution < -0.4 is 5.32 Å². The number of rotatable bonds is 7. The van der Waals surface area contributed by atoms with Crippen LogP contribution in [0.25, 0.3) is 0 Å². The van der Waals surface area contributed by atoms with Crippen molar-refractivity contribution < 1.29 is 0 Å². The Bertz CT molecular complexity index is 258. The first-order valence-corrected chi connectivity index (χ1v) is 9.38. The van der Waals surface area contributed by atoms with Crippen LogP contribution in [0.4, 0.5) is 0 Å². The van der Waals surface area contributed by atoms with E-state index in [0.29, 0.717) is 4.75 Å². The van der Waals surface area contributed by atoms with Gasteiger partial charge < -0.3 is 10.2 Å². The monoisotopic (exact) mass is 300 g/mol. The van der Waals surface area contributed by atoms with Crippen molar-refractivity contribution in [3.05, 3.63) is 0 Å². The summed E-state index contributed by atoms with van der Waals surface area (Å²) in [4.78, 5) is 2.68. The predicted octanol–water partition coefficient (Wildman–Crippen LogP) is 4.15. The van der Waals surface area contributed by atoms with E-state index in [4.69, 9.17) is 0 Å². The summed E-state index contributed by atoms with van der Waals surface area (Å²) in [5.74, 6) is 1.31. The molecule has 1 rings (SSSR count). The lowest BCUT2D eigenvalue weighted by Gasteiger charge is -2.22. The molecule has 120 valence electrons. The summed E-state index contributed by atoms with van der Waals surface area (Å²) < 4.78 is 0.493. The molecule has 0 aliphatic carbocycles. The highest BCUT2D eigenvalue weighted by molar-refractivity contribution is 8.00. The van der Waals surface area contributed by atoms with Crippen molar-refractivity contribution in [1.82, 2.24) is 10.2 Å². The fraction of sp³-hybridized carbons (Fsp3) is 1.00. The molecule has 0 spiro atoms. The van der Waals surface area contributed by atoms with Crippen LogP contribution in [0.15, 0.2) is 0 Å². The van der Waals surface area contributed by atoms with Gasteiger partial charge in [-0.25, -0.2) is 0 Å². The molecule has 2 nitrogen and oxygen atoms in total. The standard InChI is InChI=1S/C17H36N2S/c1-16(2,3)18-11-8-6-7-9-12-19-13-10-17(4,5)20-15-14-19/h18H,6-15H2,1-5H3. The molecule has 1 saturated heterocycles. The van der Waals surface area contributed by atoms with Gasteiger partial charge in [-0.1, -0.05) is 26.7 Å². The number of thioether (sulfide) groups is 1. The minimum absolute atomic E-state index is 0.274. The highest BCUT2D eigenvalue weighted by atomic mass is 32.2. The maximum atomic E-state index is 3.57. The fourth-order valence-electron chi connectivity index (χ4n) is 2.56. The van der Waals surface area contributed by atoms with Crippen LogP contribution in [-0.2, 0) is 0 Å². The number of nitrogens with zero attached hydrogens (tertiary/aromatic N) is 1. The third kappa shape index (κ3) is 9.25.